The fraction of sp³-hybridized carbons (Fsp3) is 0.533. The van der Waals surface area contributed by atoms with Crippen molar-refractivity contribution in [2.75, 3.05) is 11.9 Å². The Morgan fingerprint density at radius 3 is 2.84 bits per heavy atom. The average Bonchev–Trinajstić information content (AvgIpc) is 2.81. The van der Waals surface area contributed by atoms with Crippen molar-refractivity contribution in [3.8, 4) is 0 Å². The van der Waals surface area contributed by atoms with Crippen LogP contribution in [0.2, 0.25) is 0 Å². The number of para-hydroxylation sites is 1. The Hall–Kier alpha value is -0.870. The van der Waals surface area contributed by atoms with Crippen LogP contribution in [0.15, 0.2) is 24.3 Å². The number of unbranched alkanes of at least 4 members (excludes halogenated alkanes) is 2. The largest absolute Gasteiger partial charge is 0.311 e. The third-order valence-electron chi connectivity index (χ3n) is 3.31. The minimum atomic E-state index is 0.863. The number of nitrogens with one attached hydrogen (secondary N) is 1. The summed E-state index contributed by atoms with van der Waals surface area (Å²) in [5.41, 5.74) is 2.40. The molecule has 1 aromatic heterocycles. The maximum Gasteiger partial charge on any atom is 0.0841 e. The molecule has 4 heteroatoms. The zero-order valence-electron chi connectivity index (χ0n) is 11.5. The molecular weight excluding hydrogens is 302 g/mol. The van der Waals surface area contributed by atoms with Crippen molar-refractivity contribution < 1.29 is 0 Å². The van der Waals surface area contributed by atoms with Gasteiger partial charge in [0.05, 0.1) is 11.2 Å². The van der Waals surface area contributed by atoms with Crippen LogP contribution < -0.4 is 5.32 Å². The number of fused-ring (bicyclic) bond motifs is 1. The van der Waals surface area contributed by atoms with Crippen LogP contribution in [-0.4, -0.2) is 21.7 Å². The van der Waals surface area contributed by atoms with E-state index in [4.69, 9.17) is 0 Å². The number of halogens is 1. The summed E-state index contributed by atoms with van der Waals surface area (Å²) in [6, 6.07) is 8.47. The van der Waals surface area contributed by atoms with Gasteiger partial charge in [-0.15, -0.1) is 0 Å². The molecule has 0 aliphatic heterocycles. The van der Waals surface area contributed by atoms with Gasteiger partial charge in [0.25, 0.3) is 0 Å². The van der Waals surface area contributed by atoms with Crippen molar-refractivity contribution in [1.82, 2.24) is 15.1 Å². The van der Waals surface area contributed by atoms with Crippen molar-refractivity contribution in [3.05, 3.63) is 30.0 Å². The lowest BCUT2D eigenvalue weighted by atomic mass is 10.2. The first kappa shape index (κ1) is 14.5. The smallest absolute Gasteiger partial charge is 0.0841 e. The first-order valence-electron chi connectivity index (χ1n) is 7.08. The summed E-state index contributed by atoms with van der Waals surface area (Å²) < 4.78 is 2.08. The molecule has 1 N–H and O–H groups in total. The van der Waals surface area contributed by atoms with E-state index in [0.29, 0.717) is 0 Å². The van der Waals surface area contributed by atoms with Gasteiger partial charge < -0.3 is 5.32 Å². The summed E-state index contributed by atoms with van der Waals surface area (Å²) in [6.07, 6.45) is 3.77. The quantitative estimate of drug-likeness (QED) is 0.592. The highest BCUT2D eigenvalue weighted by atomic mass is 79.9. The highest BCUT2D eigenvalue weighted by Gasteiger charge is 2.07. The van der Waals surface area contributed by atoms with Gasteiger partial charge in [-0.05, 0) is 32.4 Å². The zero-order chi connectivity index (χ0) is 13.5. The van der Waals surface area contributed by atoms with Crippen LogP contribution in [0.5, 0.6) is 0 Å². The SMILES string of the molecule is CCn1nc(CNCCCCCBr)c2ccccc21. The summed E-state index contributed by atoms with van der Waals surface area (Å²) >= 11 is 3.46. The summed E-state index contributed by atoms with van der Waals surface area (Å²) in [5, 5.41) is 10.6. The van der Waals surface area contributed by atoms with E-state index in [1.165, 1.54) is 30.2 Å². The van der Waals surface area contributed by atoms with Crippen LogP contribution in [0.4, 0.5) is 0 Å². The van der Waals surface area contributed by atoms with E-state index < -0.39 is 0 Å². The zero-order valence-corrected chi connectivity index (χ0v) is 13.1. The predicted octanol–water partition coefficient (Wildman–Crippen LogP) is 3.71. The van der Waals surface area contributed by atoms with Gasteiger partial charge in [-0.1, -0.05) is 40.5 Å². The number of aryl methyl sites for hydroxylation is 1. The van der Waals surface area contributed by atoms with Crippen LogP contribution in [0.3, 0.4) is 0 Å². The lowest BCUT2D eigenvalue weighted by Gasteiger charge is -2.02. The molecule has 0 unspecified atom stereocenters. The van der Waals surface area contributed by atoms with E-state index in [0.717, 1.165) is 30.7 Å². The fourth-order valence-electron chi connectivity index (χ4n) is 2.30. The highest BCUT2D eigenvalue weighted by molar-refractivity contribution is 9.09. The van der Waals surface area contributed by atoms with Crippen LogP contribution in [0, 0.1) is 0 Å². The van der Waals surface area contributed by atoms with E-state index in [1.54, 1.807) is 0 Å². The second-order valence-electron chi connectivity index (χ2n) is 4.71. The van der Waals surface area contributed by atoms with Gasteiger partial charge in [0, 0.05) is 23.8 Å². The summed E-state index contributed by atoms with van der Waals surface area (Å²) in [5.74, 6) is 0. The van der Waals surface area contributed by atoms with Crippen molar-refractivity contribution in [3.63, 3.8) is 0 Å². The van der Waals surface area contributed by atoms with E-state index in [9.17, 15) is 0 Å². The van der Waals surface area contributed by atoms with Crippen LogP contribution >= 0.6 is 15.9 Å². The Kier molecular flexibility index (Phi) is 5.86. The maximum absolute atomic E-state index is 4.69. The molecule has 1 heterocycles. The Bertz CT molecular complexity index is 507. The van der Waals surface area contributed by atoms with E-state index >= 15 is 0 Å². The van der Waals surface area contributed by atoms with Gasteiger partial charge in [0.2, 0.25) is 0 Å². The second-order valence-corrected chi connectivity index (χ2v) is 5.50. The number of aromatic nitrogens is 2. The second kappa shape index (κ2) is 7.65. The average molecular weight is 324 g/mol. The monoisotopic (exact) mass is 323 g/mol. The Morgan fingerprint density at radius 2 is 2.05 bits per heavy atom. The lowest BCUT2D eigenvalue weighted by Crippen LogP contribution is -2.15. The number of alkyl halides is 1. The van der Waals surface area contributed by atoms with Crippen LogP contribution in [0.1, 0.15) is 31.9 Å². The minimum absolute atomic E-state index is 0.863. The molecule has 2 aromatic rings. The first-order chi connectivity index (χ1) is 9.36. The van der Waals surface area contributed by atoms with E-state index in [2.05, 4.69) is 62.2 Å². The number of hydrogen-bond acceptors (Lipinski definition) is 2. The molecule has 3 nitrogen and oxygen atoms in total. The Morgan fingerprint density at radius 1 is 1.21 bits per heavy atom. The molecular formula is C15H22BrN3. The molecule has 0 amide bonds. The number of rotatable bonds is 8. The molecule has 19 heavy (non-hydrogen) atoms. The first-order valence-corrected chi connectivity index (χ1v) is 8.20. The molecule has 0 atom stereocenters. The number of benzene rings is 1. The van der Waals surface area contributed by atoms with Gasteiger partial charge in [0.1, 0.15) is 0 Å². The standard InChI is InChI=1S/C15H22BrN3/c1-2-19-15-9-5-4-8-13(15)14(18-19)12-17-11-7-3-6-10-16/h4-5,8-9,17H,2-3,6-7,10-12H2,1H3. The molecule has 0 fully saturated rings. The third kappa shape index (κ3) is 3.80. The van der Waals surface area contributed by atoms with Gasteiger partial charge in [-0.2, -0.15) is 5.10 Å². The van der Waals surface area contributed by atoms with Crippen molar-refractivity contribution in [2.45, 2.75) is 39.3 Å². The van der Waals surface area contributed by atoms with E-state index in [-0.39, 0.29) is 0 Å². The number of nitrogens with zero attached hydrogens (tertiary/aromatic N) is 2. The molecule has 104 valence electrons. The molecule has 0 spiro atoms. The topological polar surface area (TPSA) is 29.9 Å². The predicted molar refractivity (Wildman–Crippen MR) is 84.8 cm³/mol. The lowest BCUT2D eigenvalue weighted by molar-refractivity contribution is 0.599. The Balaban J connectivity index is 1.93. The van der Waals surface area contributed by atoms with Crippen LogP contribution in [0.25, 0.3) is 10.9 Å². The summed E-state index contributed by atoms with van der Waals surface area (Å²) in [6.45, 7) is 4.99. The van der Waals surface area contributed by atoms with Gasteiger partial charge >= 0.3 is 0 Å². The van der Waals surface area contributed by atoms with Crippen LogP contribution in [-0.2, 0) is 13.1 Å². The molecule has 0 aliphatic carbocycles. The molecule has 1 aromatic carbocycles. The van der Waals surface area contributed by atoms with Crippen molar-refractivity contribution in [2.24, 2.45) is 0 Å². The summed E-state index contributed by atoms with van der Waals surface area (Å²) in [7, 11) is 0. The van der Waals surface area contributed by atoms with E-state index in [1.807, 2.05) is 0 Å². The molecule has 0 aliphatic rings. The third-order valence-corrected chi connectivity index (χ3v) is 3.87. The molecule has 0 saturated heterocycles. The molecule has 0 saturated carbocycles. The fourth-order valence-corrected chi connectivity index (χ4v) is 2.69. The maximum atomic E-state index is 4.69. The highest BCUT2D eigenvalue weighted by Crippen LogP contribution is 2.18. The molecule has 0 bridgehead atoms. The normalized spacial score (nSPS) is 11.3. The Labute approximate surface area is 123 Å². The van der Waals surface area contributed by atoms with Crippen molar-refractivity contribution in [1.29, 1.82) is 0 Å². The minimum Gasteiger partial charge on any atom is -0.311 e. The summed E-state index contributed by atoms with van der Waals surface area (Å²) in [4.78, 5) is 0. The van der Waals surface area contributed by atoms with Gasteiger partial charge in [-0.25, -0.2) is 0 Å². The molecule has 2 rings (SSSR count). The van der Waals surface area contributed by atoms with Gasteiger partial charge in [-0.3, -0.25) is 4.68 Å². The van der Waals surface area contributed by atoms with Crippen molar-refractivity contribution >= 4 is 26.8 Å². The molecule has 0 radical (unpaired) electrons. The number of hydrogen-bond donors (Lipinski definition) is 1. The van der Waals surface area contributed by atoms with Gasteiger partial charge in [0.15, 0.2) is 0 Å².